The van der Waals surface area contributed by atoms with Gasteiger partial charge in [-0.25, -0.2) is 8.42 Å². The molecule has 0 radical (unpaired) electrons. The minimum Gasteiger partial charge on any atom is -0.495 e. The third kappa shape index (κ3) is 7.88. The molecule has 1 atom stereocenters. The zero-order valence-corrected chi connectivity index (χ0v) is 25.6. The number of carbonyl (C=O) groups excluding carboxylic acids is 2. The number of ether oxygens (including phenoxy) is 1. The first kappa shape index (κ1) is 31.7. The summed E-state index contributed by atoms with van der Waals surface area (Å²) in [5.74, 6) is -0.219. The van der Waals surface area contributed by atoms with Gasteiger partial charge in [-0.3, -0.25) is 13.9 Å². The van der Waals surface area contributed by atoms with Gasteiger partial charge >= 0.3 is 0 Å². The molecule has 0 spiro atoms. The zero-order valence-electron chi connectivity index (χ0n) is 24.8. The Morgan fingerprint density at radius 1 is 0.951 bits per heavy atom. The number of sulfonamides is 1. The second kappa shape index (κ2) is 14.2. The lowest BCUT2D eigenvalue weighted by molar-refractivity contribution is -0.140. The van der Waals surface area contributed by atoms with Crippen molar-refractivity contribution in [3.63, 3.8) is 0 Å². The Balaban J connectivity index is 2.11. The largest absolute Gasteiger partial charge is 0.495 e. The molecule has 0 aliphatic rings. The van der Waals surface area contributed by atoms with Crippen molar-refractivity contribution in [3.8, 4) is 5.75 Å². The SMILES string of the molecule is CCC(C(=O)NCC(C)C)N(Cc1ccccc1C)C(=O)CN(c1cc(C)ccc1OC)S(=O)(=O)c1ccccc1. The fourth-order valence-corrected chi connectivity index (χ4v) is 5.98. The molecular weight excluding hydrogens is 538 g/mol. The molecule has 9 heteroatoms. The number of carbonyl (C=O) groups is 2. The van der Waals surface area contributed by atoms with Crippen molar-refractivity contribution in [3.05, 3.63) is 89.5 Å². The Morgan fingerprint density at radius 2 is 1.61 bits per heavy atom. The molecule has 8 nitrogen and oxygen atoms in total. The van der Waals surface area contributed by atoms with Gasteiger partial charge in [0.2, 0.25) is 11.8 Å². The van der Waals surface area contributed by atoms with Crippen molar-refractivity contribution in [1.82, 2.24) is 10.2 Å². The number of hydrogen-bond acceptors (Lipinski definition) is 5. The summed E-state index contributed by atoms with van der Waals surface area (Å²) in [4.78, 5) is 29.1. The van der Waals surface area contributed by atoms with Crippen molar-refractivity contribution in [2.45, 2.75) is 58.5 Å². The maximum atomic E-state index is 14.2. The van der Waals surface area contributed by atoms with E-state index in [0.29, 0.717) is 18.7 Å². The predicted molar refractivity (Wildman–Crippen MR) is 162 cm³/mol. The van der Waals surface area contributed by atoms with Gasteiger partial charge in [0, 0.05) is 13.1 Å². The zero-order chi connectivity index (χ0) is 30.2. The monoisotopic (exact) mass is 579 g/mol. The van der Waals surface area contributed by atoms with Crippen LogP contribution in [0.5, 0.6) is 5.75 Å². The minimum absolute atomic E-state index is 0.0449. The Morgan fingerprint density at radius 3 is 2.22 bits per heavy atom. The van der Waals surface area contributed by atoms with Gasteiger partial charge in [0.25, 0.3) is 10.0 Å². The molecule has 0 aliphatic carbocycles. The summed E-state index contributed by atoms with van der Waals surface area (Å²) in [5.41, 5.74) is 2.90. The molecular formula is C32H41N3O5S. The molecule has 3 rings (SSSR count). The predicted octanol–water partition coefficient (Wildman–Crippen LogP) is 5.09. The maximum Gasteiger partial charge on any atom is 0.264 e. The average Bonchev–Trinajstić information content (AvgIpc) is 2.95. The molecule has 3 aromatic carbocycles. The van der Waals surface area contributed by atoms with E-state index < -0.39 is 28.5 Å². The van der Waals surface area contributed by atoms with Crippen molar-refractivity contribution >= 4 is 27.5 Å². The second-order valence-electron chi connectivity index (χ2n) is 10.5. The molecule has 0 bridgehead atoms. The van der Waals surface area contributed by atoms with E-state index in [1.54, 1.807) is 30.3 Å². The minimum atomic E-state index is -4.18. The normalized spacial score (nSPS) is 12.1. The summed E-state index contributed by atoms with van der Waals surface area (Å²) < 4.78 is 34.7. The van der Waals surface area contributed by atoms with E-state index in [1.807, 2.05) is 65.0 Å². The number of benzene rings is 3. The first-order valence-electron chi connectivity index (χ1n) is 13.8. The van der Waals surface area contributed by atoms with Gasteiger partial charge in [-0.15, -0.1) is 0 Å². The lowest BCUT2D eigenvalue weighted by Crippen LogP contribution is -2.52. The molecule has 220 valence electrons. The Hall–Kier alpha value is -3.85. The first-order valence-corrected chi connectivity index (χ1v) is 15.3. The number of amides is 2. The molecule has 0 aromatic heterocycles. The standard InChI is InChI=1S/C32H41N3O5S/c1-7-28(32(37)33-20-23(2)3)34(21-26-14-12-11-13-25(26)5)31(36)22-35(29-19-24(4)17-18-30(29)40-6)41(38,39)27-15-9-8-10-16-27/h8-19,23,28H,7,20-22H2,1-6H3,(H,33,37). The summed E-state index contributed by atoms with van der Waals surface area (Å²) in [6.45, 7) is 9.74. The lowest BCUT2D eigenvalue weighted by Gasteiger charge is -2.34. The van der Waals surface area contributed by atoms with Crippen LogP contribution in [0.15, 0.2) is 77.7 Å². The molecule has 0 heterocycles. The maximum absolute atomic E-state index is 14.2. The quantitative estimate of drug-likeness (QED) is 0.305. The van der Waals surface area contributed by atoms with Gasteiger partial charge in [0.05, 0.1) is 17.7 Å². The highest BCUT2D eigenvalue weighted by Gasteiger charge is 2.35. The third-order valence-electron chi connectivity index (χ3n) is 6.89. The fraction of sp³-hybridized carbons (Fsp3) is 0.375. The highest BCUT2D eigenvalue weighted by atomic mass is 32.2. The van der Waals surface area contributed by atoms with Crippen LogP contribution < -0.4 is 14.4 Å². The topological polar surface area (TPSA) is 96.0 Å². The lowest BCUT2D eigenvalue weighted by atomic mass is 10.1. The Kier molecular flexibility index (Phi) is 10.9. The molecule has 41 heavy (non-hydrogen) atoms. The molecule has 0 saturated carbocycles. The van der Waals surface area contributed by atoms with Crippen molar-refractivity contribution < 1.29 is 22.7 Å². The van der Waals surface area contributed by atoms with Crippen LogP contribution in [0.2, 0.25) is 0 Å². The highest BCUT2D eigenvalue weighted by Crippen LogP contribution is 2.33. The van der Waals surface area contributed by atoms with Gasteiger partial charge in [-0.1, -0.05) is 69.3 Å². The van der Waals surface area contributed by atoms with E-state index in [9.17, 15) is 18.0 Å². The fourth-order valence-electron chi connectivity index (χ4n) is 4.54. The number of methoxy groups -OCH3 is 1. The van der Waals surface area contributed by atoms with Crippen LogP contribution in [0.4, 0.5) is 5.69 Å². The van der Waals surface area contributed by atoms with E-state index in [0.717, 1.165) is 21.0 Å². The third-order valence-corrected chi connectivity index (χ3v) is 8.66. The van der Waals surface area contributed by atoms with E-state index in [1.165, 1.54) is 24.1 Å². The van der Waals surface area contributed by atoms with Crippen molar-refractivity contribution in [2.75, 3.05) is 24.5 Å². The highest BCUT2D eigenvalue weighted by molar-refractivity contribution is 7.92. The first-order chi connectivity index (χ1) is 19.5. The second-order valence-corrected chi connectivity index (χ2v) is 12.4. The Labute approximate surface area is 244 Å². The van der Waals surface area contributed by atoms with Crippen LogP contribution in [-0.4, -0.2) is 51.4 Å². The molecule has 1 unspecified atom stereocenters. The van der Waals surface area contributed by atoms with Crippen LogP contribution in [0.1, 0.15) is 43.9 Å². The van der Waals surface area contributed by atoms with Crippen molar-refractivity contribution in [2.24, 2.45) is 5.92 Å². The van der Waals surface area contributed by atoms with Crippen LogP contribution >= 0.6 is 0 Å². The van der Waals surface area contributed by atoms with E-state index in [-0.39, 0.29) is 29.0 Å². The number of rotatable bonds is 13. The summed E-state index contributed by atoms with van der Waals surface area (Å²) in [5, 5.41) is 2.95. The van der Waals surface area contributed by atoms with Gasteiger partial charge in [0.1, 0.15) is 18.3 Å². The number of anilines is 1. The van der Waals surface area contributed by atoms with Gasteiger partial charge in [-0.2, -0.15) is 0 Å². The van der Waals surface area contributed by atoms with Gasteiger partial charge in [0.15, 0.2) is 0 Å². The molecule has 0 aliphatic heterocycles. The number of hydrogen-bond donors (Lipinski definition) is 1. The summed E-state index contributed by atoms with van der Waals surface area (Å²) in [7, 11) is -2.72. The molecule has 3 aromatic rings. The van der Waals surface area contributed by atoms with Crippen LogP contribution in [0.25, 0.3) is 0 Å². The van der Waals surface area contributed by atoms with Gasteiger partial charge < -0.3 is 15.0 Å². The number of nitrogens with zero attached hydrogens (tertiary/aromatic N) is 2. The smallest absolute Gasteiger partial charge is 0.264 e. The molecule has 0 saturated heterocycles. The molecule has 1 N–H and O–H groups in total. The Bertz CT molecular complexity index is 1440. The number of nitrogens with one attached hydrogen (secondary N) is 1. The molecule has 2 amide bonds. The van der Waals surface area contributed by atoms with E-state index in [4.69, 9.17) is 4.74 Å². The summed E-state index contributed by atoms with van der Waals surface area (Å²) in [6, 6.07) is 20.0. The van der Waals surface area contributed by atoms with Crippen LogP contribution in [-0.2, 0) is 26.2 Å². The van der Waals surface area contributed by atoms with Crippen LogP contribution in [0.3, 0.4) is 0 Å². The van der Waals surface area contributed by atoms with E-state index >= 15 is 0 Å². The average molecular weight is 580 g/mol. The van der Waals surface area contributed by atoms with Crippen molar-refractivity contribution in [1.29, 1.82) is 0 Å². The van der Waals surface area contributed by atoms with E-state index in [2.05, 4.69) is 5.32 Å². The van der Waals surface area contributed by atoms with Crippen LogP contribution in [0, 0.1) is 19.8 Å². The number of aryl methyl sites for hydroxylation is 2. The summed E-state index contributed by atoms with van der Waals surface area (Å²) in [6.07, 6.45) is 0.362. The summed E-state index contributed by atoms with van der Waals surface area (Å²) >= 11 is 0. The van der Waals surface area contributed by atoms with Gasteiger partial charge in [-0.05, 0) is 67.1 Å². The molecule has 0 fully saturated rings.